The van der Waals surface area contributed by atoms with Gasteiger partial charge in [0.2, 0.25) is 0 Å². The molecule has 0 fully saturated rings. The lowest BCUT2D eigenvalue weighted by molar-refractivity contribution is 0.262. The molecule has 3 rings (SSSR count). The van der Waals surface area contributed by atoms with E-state index in [9.17, 15) is 9.59 Å². The predicted molar refractivity (Wildman–Crippen MR) is 114 cm³/mol. The Morgan fingerprint density at radius 3 is 2.46 bits per heavy atom. The van der Waals surface area contributed by atoms with E-state index in [1.165, 1.54) is 7.11 Å². The molecular weight excluding hydrogens is 378 g/mol. The number of rotatable bonds is 5. The molecule has 0 atom stereocenters. The number of aromatic nitrogens is 1. The zero-order valence-corrected chi connectivity index (χ0v) is 16.7. The summed E-state index contributed by atoms with van der Waals surface area (Å²) in [6.45, 7) is 4.63. The number of pyridine rings is 1. The zero-order valence-electron chi connectivity index (χ0n) is 16.0. The molecule has 1 heterocycles. The highest BCUT2D eigenvalue weighted by atomic mass is 35.5. The maximum atomic E-state index is 12.7. The molecule has 0 aliphatic rings. The fourth-order valence-electron chi connectivity index (χ4n) is 3.03. The summed E-state index contributed by atoms with van der Waals surface area (Å²) in [4.78, 5) is 25.3. The molecule has 7 heteroatoms. The molecule has 0 aliphatic heterocycles. The van der Waals surface area contributed by atoms with Crippen molar-refractivity contribution in [1.29, 1.82) is 0 Å². The largest absolute Gasteiger partial charge is 0.495 e. The van der Waals surface area contributed by atoms with Crippen molar-refractivity contribution in [3.05, 3.63) is 64.0 Å². The first-order valence-corrected chi connectivity index (χ1v) is 9.30. The molecule has 2 aromatic carbocycles. The number of nitrogens with one attached hydrogen (secondary N) is 2. The van der Waals surface area contributed by atoms with Gasteiger partial charge in [-0.1, -0.05) is 43.6 Å². The second kappa shape index (κ2) is 8.35. The van der Waals surface area contributed by atoms with Crippen LogP contribution in [0.4, 0.5) is 16.2 Å². The number of benzene rings is 2. The summed E-state index contributed by atoms with van der Waals surface area (Å²) in [5.41, 5.74) is 0.924. The van der Waals surface area contributed by atoms with Crippen LogP contribution in [0.1, 0.15) is 13.8 Å². The minimum absolute atomic E-state index is 0.0771. The second-order valence-corrected chi connectivity index (χ2v) is 7.30. The SMILES string of the molecule is COc1ccc(Cl)cc1NC(=O)Nc1cn(CC(C)C)c(=O)c2ccccc12. The third kappa shape index (κ3) is 4.28. The average molecular weight is 400 g/mol. The Kier molecular flexibility index (Phi) is 5.90. The molecular formula is C21H22ClN3O3. The maximum absolute atomic E-state index is 12.7. The minimum Gasteiger partial charge on any atom is -0.495 e. The molecule has 1 aromatic heterocycles. The molecule has 0 spiro atoms. The van der Waals surface area contributed by atoms with Crippen LogP contribution < -0.4 is 20.9 Å². The van der Waals surface area contributed by atoms with Gasteiger partial charge in [-0.2, -0.15) is 0 Å². The minimum atomic E-state index is -0.458. The van der Waals surface area contributed by atoms with Crippen molar-refractivity contribution in [3.63, 3.8) is 0 Å². The van der Waals surface area contributed by atoms with E-state index >= 15 is 0 Å². The number of urea groups is 1. The van der Waals surface area contributed by atoms with Gasteiger partial charge in [0, 0.05) is 28.5 Å². The molecule has 0 saturated carbocycles. The normalized spacial score (nSPS) is 10.9. The molecule has 0 saturated heterocycles. The van der Waals surface area contributed by atoms with Crippen LogP contribution in [0.3, 0.4) is 0 Å². The number of carbonyl (C=O) groups is 1. The third-order valence-electron chi connectivity index (χ3n) is 4.21. The van der Waals surface area contributed by atoms with Crippen LogP contribution in [0.2, 0.25) is 5.02 Å². The fraction of sp³-hybridized carbons (Fsp3) is 0.238. The molecule has 0 aliphatic carbocycles. The van der Waals surface area contributed by atoms with Crippen LogP contribution in [0, 0.1) is 5.92 Å². The maximum Gasteiger partial charge on any atom is 0.323 e. The van der Waals surface area contributed by atoms with Crippen molar-refractivity contribution in [2.75, 3.05) is 17.7 Å². The Morgan fingerprint density at radius 2 is 1.79 bits per heavy atom. The summed E-state index contributed by atoms with van der Waals surface area (Å²) in [7, 11) is 1.52. The number of methoxy groups -OCH3 is 1. The Morgan fingerprint density at radius 1 is 1.11 bits per heavy atom. The summed E-state index contributed by atoms with van der Waals surface area (Å²) in [6.07, 6.45) is 1.68. The van der Waals surface area contributed by atoms with E-state index in [0.717, 1.165) is 0 Å². The number of halogens is 1. The van der Waals surface area contributed by atoms with E-state index in [1.54, 1.807) is 35.0 Å². The molecule has 3 aromatic rings. The van der Waals surface area contributed by atoms with Gasteiger partial charge in [-0.15, -0.1) is 0 Å². The van der Waals surface area contributed by atoms with E-state index in [-0.39, 0.29) is 11.5 Å². The monoisotopic (exact) mass is 399 g/mol. The van der Waals surface area contributed by atoms with Crippen LogP contribution in [0.15, 0.2) is 53.5 Å². The Hall–Kier alpha value is -2.99. The van der Waals surface area contributed by atoms with Gasteiger partial charge in [0.15, 0.2) is 0 Å². The number of hydrogen-bond donors (Lipinski definition) is 2. The lowest BCUT2D eigenvalue weighted by Crippen LogP contribution is -2.25. The van der Waals surface area contributed by atoms with Crippen LogP contribution in [-0.2, 0) is 6.54 Å². The number of hydrogen-bond acceptors (Lipinski definition) is 3. The van der Waals surface area contributed by atoms with Crippen LogP contribution in [0.25, 0.3) is 10.8 Å². The number of amides is 2. The van der Waals surface area contributed by atoms with E-state index < -0.39 is 6.03 Å². The number of ether oxygens (including phenoxy) is 1. The van der Waals surface area contributed by atoms with Gasteiger partial charge in [0.1, 0.15) is 5.75 Å². The number of anilines is 2. The fourth-order valence-corrected chi connectivity index (χ4v) is 3.20. The first-order chi connectivity index (χ1) is 13.4. The molecule has 6 nitrogen and oxygen atoms in total. The van der Waals surface area contributed by atoms with Gasteiger partial charge in [0.25, 0.3) is 5.56 Å². The standard InChI is InChI=1S/C21H22ClN3O3/c1-13(2)11-25-12-18(15-6-4-5-7-16(15)20(25)26)24-21(27)23-17-10-14(22)8-9-19(17)28-3/h4-10,12-13H,11H2,1-3H3,(H2,23,24,27). The molecule has 2 N–H and O–H groups in total. The first kappa shape index (κ1) is 19.8. The summed E-state index contributed by atoms with van der Waals surface area (Å²) >= 11 is 6.02. The quantitative estimate of drug-likeness (QED) is 0.636. The van der Waals surface area contributed by atoms with Crippen molar-refractivity contribution in [3.8, 4) is 5.75 Å². The predicted octanol–water partition coefficient (Wildman–Crippen LogP) is 4.96. The average Bonchev–Trinajstić information content (AvgIpc) is 2.65. The van der Waals surface area contributed by atoms with Crippen molar-refractivity contribution in [1.82, 2.24) is 4.57 Å². The summed E-state index contributed by atoms with van der Waals surface area (Å²) < 4.78 is 6.88. The highest BCUT2D eigenvalue weighted by Gasteiger charge is 2.13. The molecule has 28 heavy (non-hydrogen) atoms. The first-order valence-electron chi connectivity index (χ1n) is 8.92. The van der Waals surface area contributed by atoms with Crippen LogP contribution >= 0.6 is 11.6 Å². The number of carbonyl (C=O) groups excluding carboxylic acids is 1. The zero-order chi connectivity index (χ0) is 20.3. The molecule has 0 bridgehead atoms. The van der Waals surface area contributed by atoms with Gasteiger partial charge < -0.3 is 19.9 Å². The van der Waals surface area contributed by atoms with E-state index in [2.05, 4.69) is 10.6 Å². The summed E-state index contributed by atoms with van der Waals surface area (Å²) in [6, 6.07) is 11.7. The highest BCUT2D eigenvalue weighted by Crippen LogP contribution is 2.28. The van der Waals surface area contributed by atoms with Crippen LogP contribution in [-0.4, -0.2) is 17.7 Å². The van der Waals surface area contributed by atoms with Gasteiger partial charge in [-0.05, 0) is 30.2 Å². The van der Waals surface area contributed by atoms with Crippen molar-refractivity contribution in [2.45, 2.75) is 20.4 Å². The molecule has 146 valence electrons. The van der Waals surface area contributed by atoms with Crippen molar-refractivity contribution in [2.24, 2.45) is 5.92 Å². The smallest absolute Gasteiger partial charge is 0.323 e. The Balaban J connectivity index is 1.95. The number of nitrogens with zero attached hydrogens (tertiary/aromatic N) is 1. The molecule has 2 amide bonds. The molecule has 0 radical (unpaired) electrons. The highest BCUT2D eigenvalue weighted by molar-refractivity contribution is 6.31. The van der Waals surface area contributed by atoms with Crippen molar-refractivity contribution < 1.29 is 9.53 Å². The van der Waals surface area contributed by atoms with E-state index in [1.807, 2.05) is 32.0 Å². The Bertz CT molecular complexity index is 1080. The summed E-state index contributed by atoms with van der Waals surface area (Å²) in [5.74, 6) is 0.783. The van der Waals surface area contributed by atoms with Gasteiger partial charge in [-0.3, -0.25) is 4.79 Å². The Labute approximate surface area is 168 Å². The van der Waals surface area contributed by atoms with Gasteiger partial charge in [-0.25, -0.2) is 4.79 Å². The lowest BCUT2D eigenvalue weighted by atomic mass is 10.1. The molecule has 0 unspecified atom stereocenters. The third-order valence-corrected chi connectivity index (χ3v) is 4.45. The van der Waals surface area contributed by atoms with Gasteiger partial charge >= 0.3 is 6.03 Å². The second-order valence-electron chi connectivity index (χ2n) is 6.86. The summed E-state index contributed by atoms with van der Waals surface area (Å²) in [5, 5.41) is 7.30. The van der Waals surface area contributed by atoms with Gasteiger partial charge in [0.05, 0.1) is 18.5 Å². The number of fused-ring (bicyclic) bond motifs is 1. The van der Waals surface area contributed by atoms with Crippen LogP contribution in [0.5, 0.6) is 5.75 Å². The topological polar surface area (TPSA) is 72.4 Å². The van der Waals surface area contributed by atoms with E-state index in [4.69, 9.17) is 16.3 Å². The van der Waals surface area contributed by atoms with E-state index in [0.29, 0.717) is 39.5 Å². The lowest BCUT2D eigenvalue weighted by Gasteiger charge is -2.16. The van der Waals surface area contributed by atoms with Crippen molar-refractivity contribution >= 4 is 39.8 Å².